The molecule has 0 aliphatic heterocycles. The number of nitrogens with one attached hydrogen (secondary N) is 1. The van der Waals surface area contributed by atoms with Gasteiger partial charge < -0.3 is 4.42 Å². The van der Waals surface area contributed by atoms with Crippen LogP contribution >= 0.6 is 35.1 Å². The first kappa shape index (κ1) is 21.7. The minimum absolute atomic E-state index is 0.127. The standard InChI is InChI=1S/C21H22ClN3O2S2/c1-2-28-17-9-5-15(6-10-17)14-20-24-25-21(27-20)23-19(26)4-3-13-29-18-11-7-16(22)8-12-18/h5-12H,2-4,13-14H2,1H3,(H,23,25,26). The molecule has 0 atom stereocenters. The summed E-state index contributed by atoms with van der Waals surface area (Å²) < 4.78 is 5.55. The van der Waals surface area contributed by atoms with Crippen LogP contribution in [0.15, 0.2) is 62.7 Å². The topological polar surface area (TPSA) is 68.0 Å². The molecule has 0 fully saturated rings. The van der Waals surface area contributed by atoms with Crippen molar-refractivity contribution in [1.82, 2.24) is 10.2 Å². The third-order valence-electron chi connectivity index (χ3n) is 3.93. The maximum atomic E-state index is 12.1. The fraction of sp³-hybridized carbons (Fsp3) is 0.286. The van der Waals surface area contributed by atoms with Crippen LogP contribution in [0.3, 0.4) is 0 Å². The molecule has 0 spiro atoms. The molecule has 152 valence electrons. The number of thioether (sulfide) groups is 2. The fourth-order valence-corrected chi connectivity index (χ4v) is 4.20. The first-order valence-corrected chi connectivity index (χ1v) is 11.7. The monoisotopic (exact) mass is 447 g/mol. The van der Waals surface area contributed by atoms with E-state index in [1.807, 2.05) is 24.3 Å². The number of anilines is 1. The van der Waals surface area contributed by atoms with E-state index < -0.39 is 0 Å². The molecule has 0 saturated carbocycles. The van der Waals surface area contributed by atoms with Crippen molar-refractivity contribution >= 4 is 47.0 Å². The smallest absolute Gasteiger partial charge is 0.322 e. The third kappa shape index (κ3) is 7.42. The summed E-state index contributed by atoms with van der Waals surface area (Å²) in [6, 6.07) is 16.1. The highest BCUT2D eigenvalue weighted by Crippen LogP contribution is 2.22. The van der Waals surface area contributed by atoms with E-state index in [1.165, 1.54) is 4.90 Å². The minimum Gasteiger partial charge on any atom is -0.407 e. The van der Waals surface area contributed by atoms with Crippen LogP contribution in [0.25, 0.3) is 0 Å². The van der Waals surface area contributed by atoms with Crippen LogP contribution in [-0.4, -0.2) is 27.6 Å². The SMILES string of the molecule is CCSc1ccc(Cc2nnc(NC(=O)CCCSc3ccc(Cl)cc3)o2)cc1. The van der Waals surface area contributed by atoms with Gasteiger partial charge in [0.05, 0.1) is 6.42 Å². The van der Waals surface area contributed by atoms with Gasteiger partial charge in [-0.05, 0) is 59.9 Å². The molecule has 0 unspecified atom stereocenters. The van der Waals surface area contributed by atoms with Crippen LogP contribution < -0.4 is 5.32 Å². The van der Waals surface area contributed by atoms with Crippen LogP contribution in [0, 0.1) is 0 Å². The second-order valence-corrected chi connectivity index (χ2v) is 9.15. The Hall–Kier alpha value is -1.96. The highest BCUT2D eigenvalue weighted by atomic mass is 35.5. The molecule has 1 amide bonds. The lowest BCUT2D eigenvalue weighted by molar-refractivity contribution is -0.116. The van der Waals surface area contributed by atoms with Crippen molar-refractivity contribution < 1.29 is 9.21 Å². The Balaban J connectivity index is 1.39. The number of aromatic nitrogens is 2. The van der Waals surface area contributed by atoms with Gasteiger partial charge in [-0.3, -0.25) is 10.1 Å². The Labute approximate surface area is 184 Å². The third-order valence-corrected chi connectivity index (χ3v) is 6.18. The van der Waals surface area contributed by atoms with Gasteiger partial charge in [0.25, 0.3) is 0 Å². The molecule has 3 rings (SSSR count). The van der Waals surface area contributed by atoms with E-state index in [0.717, 1.165) is 33.4 Å². The number of carbonyl (C=O) groups is 1. The number of rotatable bonds is 10. The number of hydrogen-bond donors (Lipinski definition) is 1. The summed E-state index contributed by atoms with van der Waals surface area (Å²) in [5.41, 5.74) is 1.09. The van der Waals surface area contributed by atoms with Gasteiger partial charge in [-0.15, -0.1) is 28.6 Å². The average Bonchev–Trinajstić information content (AvgIpc) is 3.15. The molecular formula is C21H22ClN3O2S2. The fourth-order valence-electron chi connectivity index (χ4n) is 2.56. The van der Waals surface area contributed by atoms with Gasteiger partial charge >= 0.3 is 6.01 Å². The zero-order valence-corrected chi connectivity index (χ0v) is 18.4. The Kier molecular flexibility index (Phi) is 8.46. The van der Waals surface area contributed by atoms with Gasteiger partial charge in [0.2, 0.25) is 11.8 Å². The zero-order valence-electron chi connectivity index (χ0n) is 16.1. The van der Waals surface area contributed by atoms with Crippen LogP contribution in [-0.2, 0) is 11.2 Å². The molecule has 5 nitrogen and oxygen atoms in total. The number of benzene rings is 2. The maximum absolute atomic E-state index is 12.1. The molecule has 0 radical (unpaired) electrons. The first-order chi connectivity index (χ1) is 14.1. The Morgan fingerprint density at radius 1 is 1.03 bits per heavy atom. The van der Waals surface area contributed by atoms with Crippen molar-refractivity contribution in [3.8, 4) is 0 Å². The van der Waals surface area contributed by atoms with Crippen LogP contribution in [0.5, 0.6) is 0 Å². The quantitative estimate of drug-likeness (QED) is 0.306. The second kappa shape index (κ2) is 11.3. The largest absolute Gasteiger partial charge is 0.407 e. The number of hydrogen-bond acceptors (Lipinski definition) is 6. The van der Waals surface area contributed by atoms with Crippen LogP contribution in [0.4, 0.5) is 6.01 Å². The van der Waals surface area contributed by atoms with E-state index in [4.69, 9.17) is 16.0 Å². The van der Waals surface area contributed by atoms with E-state index in [2.05, 4.69) is 46.7 Å². The molecule has 0 aliphatic carbocycles. The molecule has 1 N–H and O–H groups in total. The summed E-state index contributed by atoms with van der Waals surface area (Å²) in [6.07, 6.45) is 1.69. The number of amides is 1. The van der Waals surface area contributed by atoms with E-state index in [1.54, 1.807) is 23.5 Å². The van der Waals surface area contributed by atoms with Crippen molar-refractivity contribution in [3.63, 3.8) is 0 Å². The zero-order chi connectivity index (χ0) is 20.5. The number of nitrogens with zero attached hydrogens (tertiary/aromatic N) is 2. The highest BCUT2D eigenvalue weighted by Gasteiger charge is 2.10. The number of carbonyl (C=O) groups excluding carboxylic acids is 1. The number of halogens is 1. The van der Waals surface area contributed by atoms with Gasteiger partial charge in [-0.25, -0.2) is 0 Å². The van der Waals surface area contributed by atoms with Gasteiger partial charge in [0.15, 0.2) is 0 Å². The summed E-state index contributed by atoms with van der Waals surface area (Å²) in [7, 11) is 0. The highest BCUT2D eigenvalue weighted by molar-refractivity contribution is 7.99. The summed E-state index contributed by atoms with van der Waals surface area (Å²) in [5, 5.41) is 11.3. The van der Waals surface area contributed by atoms with E-state index >= 15 is 0 Å². The molecule has 2 aromatic carbocycles. The van der Waals surface area contributed by atoms with Crippen molar-refractivity contribution in [2.45, 2.75) is 36.0 Å². The van der Waals surface area contributed by atoms with E-state index in [-0.39, 0.29) is 11.9 Å². The molecule has 0 saturated heterocycles. The molecular weight excluding hydrogens is 426 g/mol. The van der Waals surface area contributed by atoms with Crippen molar-refractivity contribution in [2.75, 3.05) is 16.8 Å². The molecule has 0 bridgehead atoms. The lowest BCUT2D eigenvalue weighted by Gasteiger charge is -2.02. The molecule has 8 heteroatoms. The summed E-state index contributed by atoms with van der Waals surface area (Å²) >= 11 is 9.37. The second-order valence-electron chi connectivity index (χ2n) is 6.21. The molecule has 0 aliphatic rings. The molecule has 3 aromatic rings. The normalized spacial score (nSPS) is 10.8. The lowest BCUT2D eigenvalue weighted by atomic mass is 10.1. The van der Waals surface area contributed by atoms with Gasteiger partial charge in [-0.2, -0.15) is 0 Å². The van der Waals surface area contributed by atoms with Gasteiger partial charge in [-0.1, -0.05) is 35.8 Å². The van der Waals surface area contributed by atoms with E-state index in [9.17, 15) is 4.79 Å². The summed E-state index contributed by atoms with van der Waals surface area (Å²) in [6.45, 7) is 2.13. The van der Waals surface area contributed by atoms with E-state index in [0.29, 0.717) is 18.7 Å². The molecule has 1 heterocycles. The maximum Gasteiger partial charge on any atom is 0.322 e. The Morgan fingerprint density at radius 2 is 1.72 bits per heavy atom. The van der Waals surface area contributed by atoms with Crippen molar-refractivity contribution in [3.05, 3.63) is 65.0 Å². The summed E-state index contributed by atoms with van der Waals surface area (Å²) in [4.78, 5) is 14.4. The average molecular weight is 448 g/mol. The minimum atomic E-state index is -0.127. The van der Waals surface area contributed by atoms with Crippen LogP contribution in [0.2, 0.25) is 5.02 Å². The van der Waals surface area contributed by atoms with Crippen molar-refractivity contribution in [1.29, 1.82) is 0 Å². The van der Waals surface area contributed by atoms with Crippen molar-refractivity contribution in [2.24, 2.45) is 0 Å². The first-order valence-electron chi connectivity index (χ1n) is 9.34. The molecule has 1 aromatic heterocycles. The Bertz CT molecular complexity index is 914. The van der Waals surface area contributed by atoms with Crippen LogP contribution in [0.1, 0.15) is 31.2 Å². The molecule has 29 heavy (non-hydrogen) atoms. The Morgan fingerprint density at radius 3 is 2.45 bits per heavy atom. The van der Waals surface area contributed by atoms with Gasteiger partial charge in [0.1, 0.15) is 0 Å². The predicted octanol–water partition coefficient (Wildman–Crippen LogP) is 5.94. The summed E-state index contributed by atoms with van der Waals surface area (Å²) in [5.74, 6) is 2.25. The predicted molar refractivity (Wildman–Crippen MR) is 120 cm³/mol. The van der Waals surface area contributed by atoms with Gasteiger partial charge in [0, 0.05) is 21.2 Å². The lowest BCUT2D eigenvalue weighted by Crippen LogP contribution is -2.11.